The molecule has 0 aliphatic heterocycles. The van der Waals surface area contributed by atoms with Crippen molar-refractivity contribution in [3.63, 3.8) is 0 Å². The summed E-state index contributed by atoms with van der Waals surface area (Å²) in [6.45, 7) is 0.701. The van der Waals surface area contributed by atoms with E-state index in [0.717, 1.165) is 23.7 Å². The van der Waals surface area contributed by atoms with E-state index in [9.17, 15) is 4.79 Å². The fourth-order valence-corrected chi connectivity index (χ4v) is 2.73. The van der Waals surface area contributed by atoms with E-state index in [4.69, 9.17) is 23.2 Å². The second-order valence-electron chi connectivity index (χ2n) is 4.75. The topological polar surface area (TPSA) is 29.1 Å². The van der Waals surface area contributed by atoms with E-state index in [2.05, 4.69) is 21.2 Å². The molecule has 1 aromatic rings. The number of amides is 1. The molecule has 1 aliphatic rings. The van der Waals surface area contributed by atoms with E-state index in [1.165, 1.54) is 0 Å². The molecule has 18 heavy (non-hydrogen) atoms. The summed E-state index contributed by atoms with van der Waals surface area (Å²) in [5.41, 5.74) is 0.834. The highest BCUT2D eigenvalue weighted by atomic mass is 79.9. The highest BCUT2D eigenvalue weighted by Crippen LogP contribution is 2.48. The van der Waals surface area contributed by atoms with Gasteiger partial charge >= 0.3 is 0 Å². The van der Waals surface area contributed by atoms with Gasteiger partial charge in [-0.15, -0.1) is 11.6 Å². The highest BCUT2D eigenvalue weighted by Gasteiger charge is 2.41. The lowest BCUT2D eigenvalue weighted by atomic mass is 10.0. The largest absolute Gasteiger partial charge is 0.351 e. The first kappa shape index (κ1) is 14.2. The Kier molecular flexibility index (Phi) is 4.57. The minimum Gasteiger partial charge on any atom is -0.351 e. The van der Waals surface area contributed by atoms with Crippen molar-refractivity contribution >= 4 is 45.0 Å². The fraction of sp³-hybridized carbons (Fsp3) is 0.462. The summed E-state index contributed by atoms with van der Waals surface area (Å²) >= 11 is 15.0. The molecule has 0 saturated heterocycles. The molecule has 98 valence electrons. The highest BCUT2D eigenvalue weighted by molar-refractivity contribution is 9.10. The van der Waals surface area contributed by atoms with E-state index in [1.54, 1.807) is 18.2 Å². The molecule has 1 aromatic carbocycles. The lowest BCUT2D eigenvalue weighted by Crippen LogP contribution is -2.30. The molecule has 1 fully saturated rings. The van der Waals surface area contributed by atoms with Gasteiger partial charge in [-0.05, 0) is 58.8 Å². The van der Waals surface area contributed by atoms with Crippen LogP contribution in [0.3, 0.4) is 0 Å². The van der Waals surface area contributed by atoms with Crippen LogP contribution < -0.4 is 5.32 Å². The van der Waals surface area contributed by atoms with Gasteiger partial charge in [0.2, 0.25) is 0 Å². The van der Waals surface area contributed by atoms with E-state index < -0.39 is 0 Å². The third kappa shape index (κ3) is 3.40. The molecule has 0 radical (unpaired) electrons. The van der Waals surface area contributed by atoms with E-state index in [-0.39, 0.29) is 11.3 Å². The first-order chi connectivity index (χ1) is 8.56. The van der Waals surface area contributed by atoms with Gasteiger partial charge in [0.15, 0.2) is 0 Å². The van der Waals surface area contributed by atoms with Gasteiger partial charge in [0.25, 0.3) is 5.91 Å². The van der Waals surface area contributed by atoms with Crippen molar-refractivity contribution in [1.29, 1.82) is 0 Å². The van der Waals surface area contributed by atoms with Crippen LogP contribution in [-0.4, -0.2) is 18.3 Å². The number of nitrogens with one attached hydrogen (secondary N) is 1. The average molecular weight is 351 g/mol. The number of hydrogen-bond donors (Lipinski definition) is 1. The third-order valence-electron chi connectivity index (χ3n) is 3.39. The lowest BCUT2D eigenvalue weighted by Gasteiger charge is -2.14. The zero-order valence-electron chi connectivity index (χ0n) is 9.81. The predicted octanol–water partition coefficient (Wildman–Crippen LogP) is 4.24. The van der Waals surface area contributed by atoms with Crippen molar-refractivity contribution in [2.75, 3.05) is 12.4 Å². The van der Waals surface area contributed by atoms with Gasteiger partial charge < -0.3 is 5.32 Å². The van der Waals surface area contributed by atoms with Gasteiger partial charge in [-0.2, -0.15) is 0 Å². The van der Waals surface area contributed by atoms with Gasteiger partial charge in [-0.3, -0.25) is 4.79 Å². The molecule has 5 heteroatoms. The summed E-state index contributed by atoms with van der Waals surface area (Å²) in [4.78, 5) is 12.0. The average Bonchev–Trinajstić information content (AvgIpc) is 3.11. The molecule has 2 rings (SSSR count). The SMILES string of the molecule is O=C(NCC1(CCCl)CC1)c1ccc(Br)c(Cl)c1. The van der Waals surface area contributed by atoms with Crippen LogP contribution in [0.1, 0.15) is 29.6 Å². The second kappa shape index (κ2) is 5.81. The maximum absolute atomic E-state index is 12.0. The minimum atomic E-state index is -0.0785. The number of carbonyl (C=O) groups excluding carboxylic acids is 1. The smallest absolute Gasteiger partial charge is 0.251 e. The predicted molar refractivity (Wildman–Crippen MR) is 78.5 cm³/mol. The molecular formula is C13H14BrCl2NO. The molecule has 0 heterocycles. The molecule has 1 N–H and O–H groups in total. The zero-order chi connectivity index (χ0) is 13.2. The third-order valence-corrected chi connectivity index (χ3v) is 4.81. The van der Waals surface area contributed by atoms with Crippen molar-refractivity contribution in [2.45, 2.75) is 19.3 Å². The lowest BCUT2D eigenvalue weighted by molar-refractivity contribution is 0.0944. The Hall–Kier alpha value is -0.250. The Balaban J connectivity index is 1.93. The van der Waals surface area contributed by atoms with Crippen LogP contribution in [-0.2, 0) is 0 Å². The molecule has 0 spiro atoms. The van der Waals surface area contributed by atoms with E-state index in [1.807, 2.05) is 0 Å². The molecule has 1 amide bonds. The van der Waals surface area contributed by atoms with Crippen LogP contribution in [0.5, 0.6) is 0 Å². The van der Waals surface area contributed by atoms with Crippen molar-refractivity contribution in [3.05, 3.63) is 33.3 Å². The number of rotatable bonds is 5. The summed E-state index contributed by atoms with van der Waals surface area (Å²) in [6.07, 6.45) is 3.28. The van der Waals surface area contributed by atoms with Crippen LogP contribution in [0.25, 0.3) is 0 Å². The standard InChI is InChI=1S/C13H14BrCl2NO/c14-10-2-1-9(7-11(10)16)12(18)17-8-13(3-4-13)5-6-15/h1-2,7H,3-6,8H2,(H,17,18). The maximum atomic E-state index is 12.0. The second-order valence-corrected chi connectivity index (χ2v) is 6.39. The number of benzene rings is 1. The Bertz CT molecular complexity index is 460. The number of carbonyl (C=O) groups is 1. The normalized spacial score (nSPS) is 16.4. The monoisotopic (exact) mass is 349 g/mol. The van der Waals surface area contributed by atoms with Crippen LogP contribution in [0.2, 0.25) is 5.02 Å². The number of alkyl halides is 1. The molecule has 2 nitrogen and oxygen atoms in total. The van der Waals surface area contributed by atoms with Crippen LogP contribution in [0, 0.1) is 5.41 Å². The quantitative estimate of drug-likeness (QED) is 0.790. The van der Waals surface area contributed by atoms with Crippen LogP contribution in [0.4, 0.5) is 0 Å². The maximum Gasteiger partial charge on any atom is 0.251 e. The molecule has 1 saturated carbocycles. The van der Waals surface area contributed by atoms with E-state index >= 15 is 0 Å². The molecule has 0 unspecified atom stereocenters. The molecule has 1 aliphatic carbocycles. The number of halogens is 3. The Labute approximate surface area is 125 Å². The fourth-order valence-electron chi connectivity index (χ4n) is 1.90. The molecule has 0 bridgehead atoms. The molecular weight excluding hydrogens is 337 g/mol. The first-order valence-electron chi connectivity index (χ1n) is 5.86. The van der Waals surface area contributed by atoms with Gasteiger partial charge in [-0.25, -0.2) is 0 Å². The van der Waals surface area contributed by atoms with Crippen molar-refractivity contribution < 1.29 is 4.79 Å². The summed E-state index contributed by atoms with van der Waals surface area (Å²) in [7, 11) is 0. The van der Waals surface area contributed by atoms with E-state index in [0.29, 0.717) is 23.0 Å². The van der Waals surface area contributed by atoms with Gasteiger partial charge in [-0.1, -0.05) is 11.6 Å². The van der Waals surface area contributed by atoms with Gasteiger partial charge in [0.1, 0.15) is 0 Å². The molecule has 0 atom stereocenters. The van der Waals surface area contributed by atoms with Crippen molar-refractivity contribution in [2.24, 2.45) is 5.41 Å². The van der Waals surface area contributed by atoms with Crippen LogP contribution in [0.15, 0.2) is 22.7 Å². The summed E-state index contributed by atoms with van der Waals surface area (Å²) in [5.74, 6) is 0.574. The zero-order valence-corrected chi connectivity index (χ0v) is 12.9. The molecule has 0 aromatic heterocycles. The Morgan fingerprint density at radius 1 is 1.44 bits per heavy atom. The van der Waals surface area contributed by atoms with Gasteiger partial charge in [0.05, 0.1) is 5.02 Å². The summed E-state index contributed by atoms with van der Waals surface area (Å²) < 4.78 is 0.793. The first-order valence-corrected chi connectivity index (χ1v) is 7.56. The minimum absolute atomic E-state index is 0.0785. The van der Waals surface area contributed by atoms with Gasteiger partial charge in [0, 0.05) is 22.5 Å². The Morgan fingerprint density at radius 3 is 2.72 bits per heavy atom. The van der Waals surface area contributed by atoms with Crippen LogP contribution >= 0.6 is 39.1 Å². The van der Waals surface area contributed by atoms with Crippen molar-refractivity contribution in [3.8, 4) is 0 Å². The summed E-state index contributed by atoms with van der Waals surface area (Å²) in [5, 5.41) is 3.51. The summed E-state index contributed by atoms with van der Waals surface area (Å²) in [6, 6.07) is 5.21. The van der Waals surface area contributed by atoms with Crippen molar-refractivity contribution in [1.82, 2.24) is 5.32 Å². The number of hydrogen-bond acceptors (Lipinski definition) is 1. The Morgan fingerprint density at radius 2 is 2.17 bits per heavy atom.